The maximum absolute atomic E-state index is 13.9. The monoisotopic (exact) mass is 424 g/mol. The summed E-state index contributed by atoms with van der Waals surface area (Å²) in [6.07, 6.45) is 4.97. The van der Waals surface area contributed by atoms with Crippen molar-refractivity contribution in [3.8, 4) is 0 Å². The summed E-state index contributed by atoms with van der Waals surface area (Å²) >= 11 is 5.69. The lowest BCUT2D eigenvalue weighted by Crippen LogP contribution is -2.38. The summed E-state index contributed by atoms with van der Waals surface area (Å²) in [4.78, 5) is 12.4. The van der Waals surface area contributed by atoms with Gasteiger partial charge in [-0.3, -0.25) is 4.79 Å². The van der Waals surface area contributed by atoms with Crippen LogP contribution in [0.15, 0.2) is 47.4 Å². The van der Waals surface area contributed by atoms with Gasteiger partial charge in [0, 0.05) is 23.8 Å². The molecule has 1 fully saturated rings. The van der Waals surface area contributed by atoms with E-state index < -0.39 is 21.7 Å². The molecule has 0 spiro atoms. The first-order chi connectivity index (χ1) is 13.3. The van der Waals surface area contributed by atoms with Crippen LogP contribution in [0.4, 0.5) is 10.1 Å². The minimum Gasteiger partial charge on any atom is -0.322 e. The van der Waals surface area contributed by atoms with E-state index in [9.17, 15) is 17.6 Å². The molecule has 1 aliphatic carbocycles. The van der Waals surface area contributed by atoms with Gasteiger partial charge < -0.3 is 5.32 Å². The molecule has 1 N–H and O–H groups in total. The van der Waals surface area contributed by atoms with Crippen LogP contribution in [0.1, 0.15) is 42.5 Å². The summed E-state index contributed by atoms with van der Waals surface area (Å²) in [5, 5.41) is 2.76. The second kappa shape index (κ2) is 8.59. The van der Waals surface area contributed by atoms with Crippen molar-refractivity contribution in [3.63, 3.8) is 0 Å². The molecule has 0 radical (unpaired) electrons. The molecule has 0 unspecified atom stereocenters. The van der Waals surface area contributed by atoms with Gasteiger partial charge in [-0.1, -0.05) is 30.9 Å². The number of hydrogen-bond donors (Lipinski definition) is 1. The van der Waals surface area contributed by atoms with Crippen LogP contribution in [0.3, 0.4) is 0 Å². The van der Waals surface area contributed by atoms with Gasteiger partial charge in [0.2, 0.25) is 10.0 Å². The normalized spacial score (nSPS) is 15.6. The van der Waals surface area contributed by atoms with Crippen LogP contribution in [0.5, 0.6) is 0 Å². The lowest BCUT2D eigenvalue weighted by Gasteiger charge is -2.30. The molecule has 0 saturated heterocycles. The minimum atomic E-state index is -3.60. The molecule has 150 valence electrons. The maximum atomic E-state index is 13.9. The largest absolute Gasteiger partial charge is 0.322 e. The highest BCUT2D eigenvalue weighted by Gasteiger charge is 2.29. The van der Waals surface area contributed by atoms with E-state index in [1.165, 1.54) is 40.7 Å². The maximum Gasteiger partial charge on any atom is 0.258 e. The molecule has 0 atom stereocenters. The average Bonchev–Trinajstić information content (AvgIpc) is 2.68. The molecule has 1 amide bonds. The van der Waals surface area contributed by atoms with Crippen molar-refractivity contribution in [2.24, 2.45) is 0 Å². The number of benzene rings is 2. The van der Waals surface area contributed by atoms with Crippen LogP contribution in [-0.2, 0) is 10.0 Å². The SMILES string of the molecule is CN(C1CCCCC1)S(=O)(=O)c1ccc(NC(=O)c2ccc(Cl)cc2F)cc1. The minimum absolute atomic E-state index is 0.0195. The lowest BCUT2D eigenvalue weighted by molar-refractivity contribution is 0.102. The van der Waals surface area contributed by atoms with Crippen LogP contribution >= 0.6 is 11.6 Å². The van der Waals surface area contributed by atoms with Crippen LogP contribution < -0.4 is 5.32 Å². The van der Waals surface area contributed by atoms with E-state index in [0.29, 0.717) is 5.69 Å². The van der Waals surface area contributed by atoms with E-state index in [2.05, 4.69) is 5.32 Å². The van der Waals surface area contributed by atoms with Crippen LogP contribution in [-0.4, -0.2) is 31.7 Å². The molecular formula is C20H22ClFN2O3S. The molecule has 1 aliphatic rings. The fraction of sp³-hybridized carbons (Fsp3) is 0.350. The molecule has 28 heavy (non-hydrogen) atoms. The Balaban J connectivity index is 1.72. The first-order valence-electron chi connectivity index (χ1n) is 9.13. The highest BCUT2D eigenvalue weighted by Crippen LogP contribution is 2.27. The van der Waals surface area contributed by atoms with Gasteiger partial charge in [-0.25, -0.2) is 12.8 Å². The Labute approximate surface area is 169 Å². The van der Waals surface area contributed by atoms with Gasteiger partial charge in [0.05, 0.1) is 10.5 Å². The van der Waals surface area contributed by atoms with Crippen molar-refractivity contribution < 1.29 is 17.6 Å². The first kappa shape index (κ1) is 20.8. The highest BCUT2D eigenvalue weighted by atomic mass is 35.5. The Morgan fingerprint density at radius 3 is 2.36 bits per heavy atom. The number of halogens is 2. The smallest absolute Gasteiger partial charge is 0.258 e. The molecular weight excluding hydrogens is 403 g/mol. The van der Waals surface area contributed by atoms with Gasteiger partial charge in [-0.05, 0) is 55.3 Å². The number of sulfonamides is 1. The summed E-state index contributed by atoms with van der Waals surface area (Å²) in [5.41, 5.74) is 0.233. The van der Waals surface area contributed by atoms with Crippen molar-refractivity contribution in [2.45, 2.75) is 43.0 Å². The van der Waals surface area contributed by atoms with E-state index in [4.69, 9.17) is 11.6 Å². The van der Waals surface area contributed by atoms with Gasteiger partial charge in [-0.15, -0.1) is 0 Å². The van der Waals surface area contributed by atoms with Crippen LogP contribution in [0.2, 0.25) is 5.02 Å². The summed E-state index contributed by atoms with van der Waals surface area (Å²) in [7, 11) is -1.99. The van der Waals surface area contributed by atoms with Crippen LogP contribution in [0, 0.1) is 5.82 Å². The summed E-state index contributed by atoms with van der Waals surface area (Å²) in [5.74, 6) is -1.36. The third-order valence-electron chi connectivity index (χ3n) is 5.05. The van der Waals surface area contributed by atoms with Gasteiger partial charge in [0.15, 0.2) is 0 Å². The molecule has 5 nitrogen and oxygen atoms in total. The molecule has 0 aliphatic heterocycles. The van der Waals surface area contributed by atoms with Crippen molar-refractivity contribution in [2.75, 3.05) is 12.4 Å². The zero-order valence-corrected chi connectivity index (χ0v) is 17.1. The quantitative estimate of drug-likeness (QED) is 0.757. The van der Waals surface area contributed by atoms with Gasteiger partial charge in [0.25, 0.3) is 5.91 Å². The fourth-order valence-electron chi connectivity index (χ4n) is 3.39. The summed E-state index contributed by atoms with van der Waals surface area (Å²) in [6, 6.07) is 9.69. The lowest BCUT2D eigenvalue weighted by atomic mass is 9.96. The first-order valence-corrected chi connectivity index (χ1v) is 11.0. The molecule has 0 bridgehead atoms. The Morgan fingerprint density at radius 2 is 1.75 bits per heavy atom. The molecule has 2 aromatic carbocycles. The van der Waals surface area contributed by atoms with Crippen molar-refractivity contribution in [3.05, 3.63) is 58.9 Å². The second-order valence-corrected chi connectivity index (χ2v) is 9.35. The van der Waals surface area contributed by atoms with Crippen molar-refractivity contribution in [1.29, 1.82) is 0 Å². The number of carbonyl (C=O) groups excluding carboxylic acids is 1. The average molecular weight is 425 g/mol. The molecule has 1 saturated carbocycles. The third-order valence-corrected chi connectivity index (χ3v) is 7.21. The Kier molecular flexibility index (Phi) is 6.37. The molecule has 3 rings (SSSR count). The second-order valence-electron chi connectivity index (χ2n) is 6.92. The Hall–Kier alpha value is -1.96. The van der Waals surface area contributed by atoms with E-state index >= 15 is 0 Å². The summed E-state index contributed by atoms with van der Waals surface area (Å²) in [6.45, 7) is 0. The zero-order chi connectivity index (χ0) is 20.3. The Bertz CT molecular complexity index is 958. The zero-order valence-electron chi connectivity index (χ0n) is 15.5. The number of amides is 1. The van der Waals surface area contributed by atoms with Crippen molar-refractivity contribution >= 4 is 33.2 Å². The number of hydrogen-bond acceptors (Lipinski definition) is 3. The standard InChI is InChI=1S/C20H22ClFN2O3S/c1-24(16-5-3-2-4-6-16)28(26,27)17-10-8-15(9-11-17)23-20(25)18-12-7-14(21)13-19(18)22/h7-13,16H,2-6H2,1H3,(H,23,25). The Morgan fingerprint density at radius 1 is 1.11 bits per heavy atom. The van der Waals surface area contributed by atoms with E-state index in [0.717, 1.165) is 38.2 Å². The van der Waals surface area contributed by atoms with Crippen LogP contribution in [0.25, 0.3) is 0 Å². The van der Waals surface area contributed by atoms with Gasteiger partial charge in [0.1, 0.15) is 5.82 Å². The number of carbonyl (C=O) groups is 1. The third kappa shape index (κ3) is 4.54. The van der Waals surface area contributed by atoms with Crippen molar-refractivity contribution in [1.82, 2.24) is 4.31 Å². The molecule has 8 heteroatoms. The molecule has 0 aromatic heterocycles. The number of anilines is 1. The molecule has 0 heterocycles. The van der Waals surface area contributed by atoms with E-state index in [1.807, 2.05) is 0 Å². The van der Waals surface area contributed by atoms with E-state index in [1.54, 1.807) is 7.05 Å². The van der Waals surface area contributed by atoms with Gasteiger partial charge >= 0.3 is 0 Å². The predicted octanol–water partition coefficient (Wildman–Crippen LogP) is 4.68. The fourth-order valence-corrected chi connectivity index (χ4v) is 4.96. The predicted molar refractivity (Wildman–Crippen MR) is 108 cm³/mol. The number of rotatable bonds is 5. The number of nitrogens with one attached hydrogen (secondary N) is 1. The highest BCUT2D eigenvalue weighted by molar-refractivity contribution is 7.89. The van der Waals surface area contributed by atoms with Gasteiger partial charge in [-0.2, -0.15) is 4.31 Å². The van der Waals surface area contributed by atoms with E-state index in [-0.39, 0.29) is 21.5 Å². The topological polar surface area (TPSA) is 66.5 Å². The number of nitrogens with zero attached hydrogens (tertiary/aromatic N) is 1. The summed E-state index contributed by atoms with van der Waals surface area (Å²) < 4.78 is 41.0. The molecule has 2 aromatic rings.